The van der Waals surface area contributed by atoms with E-state index >= 15 is 0 Å². The second-order valence-corrected chi connectivity index (χ2v) is 4.80. The molecule has 120 valence electrons. The molecular weight excluding hydrogens is 278 g/mol. The fraction of sp³-hybridized carbons (Fsp3) is 0.769. The van der Waals surface area contributed by atoms with Gasteiger partial charge in [-0.25, -0.2) is 4.79 Å². The first-order valence-corrected chi connectivity index (χ1v) is 7.15. The van der Waals surface area contributed by atoms with Crippen LogP contribution in [0.25, 0.3) is 0 Å². The number of urea groups is 1. The quantitative estimate of drug-likeness (QED) is 0.656. The van der Waals surface area contributed by atoms with Crippen LogP contribution in [-0.4, -0.2) is 78.8 Å². The SMILES string of the molecule is CCOC(=O)CCNC(=O)N1CCCN(CC(=O)O)CC1. The number of nitrogens with one attached hydrogen (secondary N) is 1. The first kappa shape index (κ1) is 17.2. The Morgan fingerprint density at radius 1 is 1.19 bits per heavy atom. The van der Waals surface area contributed by atoms with Gasteiger partial charge in [-0.2, -0.15) is 0 Å². The van der Waals surface area contributed by atoms with Gasteiger partial charge in [0.1, 0.15) is 0 Å². The van der Waals surface area contributed by atoms with Gasteiger partial charge in [-0.1, -0.05) is 0 Å². The fourth-order valence-corrected chi connectivity index (χ4v) is 2.14. The maximum absolute atomic E-state index is 11.9. The smallest absolute Gasteiger partial charge is 0.317 e. The molecule has 1 fully saturated rings. The Morgan fingerprint density at radius 2 is 1.95 bits per heavy atom. The molecule has 2 amide bonds. The second kappa shape index (κ2) is 9.17. The molecule has 1 aliphatic rings. The van der Waals surface area contributed by atoms with Crippen molar-refractivity contribution < 1.29 is 24.2 Å². The molecule has 8 heteroatoms. The molecule has 0 saturated carbocycles. The first-order chi connectivity index (χ1) is 10.0. The molecule has 1 saturated heterocycles. The normalized spacial score (nSPS) is 16.1. The largest absolute Gasteiger partial charge is 0.480 e. The zero-order chi connectivity index (χ0) is 15.7. The summed E-state index contributed by atoms with van der Waals surface area (Å²) < 4.78 is 4.77. The number of carboxylic acid groups (broad SMARTS) is 1. The van der Waals surface area contributed by atoms with Crippen LogP contribution in [0, 0.1) is 0 Å². The van der Waals surface area contributed by atoms with Crippen LogP contribution >= 0.6 is 0 Å². The van der Waals surface area contributed by atoms with Crippen LogP contribution in [-0.2, 0) is 14.3 Å². The summed E-state index contributed by atoms with van der Waals surface area (Å²) in [6.07, 6.45) is 0.886. The molecule has 0 spiro atoms. The van der Waals surface area contributed by atoms with Crippen LogP contribution in [0.5, 0.6) is 0 Å². The number of amides is 2. The molecule has 0 aliphatic carbocycles. The minimum absolute atomic E-state index is 0.00167. The number of hydrogen-bond acceptors (Lipinski definition) is 5. The first-order valence-electron chi connectivity index (χ1n) is 7.15. The van der Waals surface area contributed by atoms with Gasteiger partial charge in [-0.05, 0) is 13.3 Å². The fourth-order valence-electron chi connectivity index (χ4n) is 2.14. The van der Waals surface area contributed by atoms with Crippen LogP contribution in [0.3, 0.4) is 0 Å². The summed E-state index contributed by atoms with van der Waals surface area (Å²) in [5, 5.41) is 11.4. The third-order valence-electron chi connectivity index (χ3n) is 3.15. The zero-order valence-corrected chi connectivity index (χ0v) is 12.3. The molecule has 0 bridgehead atoms. The number of ether oxygens (including phenoxy) is 1. The summed E-state index contributed by atoms with van der Waals surface area (Å²) in [7, 11) is 0. The van der Waals surface area contributed by atoms with Crippen molar-refractivity contribution in [3.8, 4) is 0 Å². The molecule has 0 radical (unpaired) electrons. The highest BCUT2D eigenvalue weighted by Gasteiger charge is 2.20. The minimum Gasteiger partial charge on any atom is -0.480 e. The molecule has 0 unspecified atom stereocenters. The minimum atomic E-state index is -0.859. The number of nitrogens with zero attached hydrogens (tertiary/aromatic N) is 2. The Kier molecular flexibility index (Phi) is 7.52. The lowest BCUT2D eigenvalue weighted by Gasteiger charge is -2.21. The highest BCUT2D eigenvalue weighted by atomic mass is 16.5. The Morgan fingerprint density at radius 3 is 2.62 bits per heavy atom. The zero-order valence-electron chi connectivity index (χ0n) is 12.3. The average Bonchev–Trinajstić information content (AvgIpc) is 2.64. The van der Waals surface area contributed by atoms with E-state index in [4.69, 9.17) is 9.84 Å². The molecular formula is C13H23N3O5. The molecule has 0 aromatic rings. The van der Waals surface area contributed by atoms with Crippen molar-refractivity contribution in [2.24, 2.45) is 0 Å². The number of carbonyl (C=O) groups excluding carboxylic acids is 2. The van der Waals surface area contributed by atoms with E-state index in [2.05, 4.69) is 5.32 Å². The standard InChI is InChI=1S/C13H23N3O5/c1-2-21-12(19)4-5-14-13(20)16-7-3-6-15(8-9-16)10-11(17)18/h2-10H2,1H3,(H,14,20)(H,17,18). The van der Waals surface area contributed by atoms with Gasteiger partial charge in [0.15, 0.2) is 0 Å². The van der Waals surface area contributed by atoms with E-state index in [9.17, 15) is 14.4 Å². The van der Waals surface area contributed by atoms with Crippen molar-refractivity contribution in [1.82, 2.24) is 15.1 Å². The van der Waals surface area contributed by atoms with Gasteiger partial charge in [-0.15, -0.1) is 0 Å². The molecule has 0 atom stereocenters. The maximum Gasteiger partial charge on any atom is 0.317 e. The number of aliphatic carboxylic acids is 1. The van der Waals surface area contributed by atoms with Crippen LogP contribution in [0.15, 0.2) is 0 Å². The van der Waals surface area contributed by atoms with Crippen molar-refractivity contribution in [3.05, 3.63) is 0 Å². The van der Waals surface area contributed by atoms with Crippen LogP contribution < -0.4 is 5.32 Å². The van der Waals surface area contributed by atoms with Gasteiger partial charge in [0.25, 0.3) is 0 Å². The number of rotatable bonds is 6. The van der Waals surface area contributed by atoms with E-state index in [-0.39, 0.29) is 31.5 Å². The highest BCUT2D eigenvalue weighted by Crippen LogP contribution is 2.03. The monoisotopic (exact) mass is 301 g/mol. The van der Waals surface area contributed by atoms with E-state index in [1.165, 1.54) is 0 Å². The molecule has 0 aromatic heterocycles. The van der Waals surface area contributed by atoms with E-state index in [0.29, 0.717) is 32.8 Å². The van der Waals surface area contributed by atoms with E-state index in [1.807, 2.05) is 4.90 Å². The maximum atomic E-state index is 11.9. The summed E-state index contributed by atoms with van der Waals surface area (Å²) >= 11 is 0. The number of esters is 1. The second-order valence-electron chi connectivity index (χ2n) is 4.80. The van der Waals surface area contributed by atoms with Crippen molar-refractivity contribution in [3.63, 3.8) is 0 Å². The summed E-state index contributed by atoms with van der Waals surface area (Å²) in [5.74, 6) is -1.19. The Balaban J connectivity index is 2.28. The lowest BCUT2D eigenvalue weighted by molar-refractivity contribution is -0.143. The highest BCUT2D eigenvalue weighted by molar-refractivity contribution is 5.75. The predicted octanol–water partition coefficient (Wildman–Crippen LogP) is -0.258. The Bertz CT molecular complexity index is 375. The third kappa shape index (κ3) is 6.94. The molecule has 1 aliphatic heterocycles. The van der Waals surface area contributed by atoms with Crippen molar-refractivity contribution in [2.75, 3.05) is 45.9 Å². The van der Waals surface area contributed by atoms with Crippen LogP contribution in [0.4, 0.5) is 4.79 Å². The summed E-state index contributed by atoms with van der Waals surface area (Å²) in [6.45, 7) is 4.58. The van der Waals surface area contributed by atoms with Crippen molar-refractivity contribution in [2.45, 2.75) is 19.8 Å². The molecule has 1 heterocycles. The van der Waals surface area contributed by atoms with Crippen LogP contribution in [0.1, 0.15) is 19.8 Å². The number of hydrogen-bond donors (Lipinski definition) is 2. The van der Waals surface area contributed by atoms with Gasteiger partial charge < -0.3 is 20.1 Å². The van der Waals surface area contributed by atoms with Crippen LogP contribution in [0.2, 0.25) is 0 Å². The van der Waals surface area contributed by atoms with E-state index in [0.717, 1.165) is 6.42 Å². The lowest BCUT2D eigenvalue weighted by Crippen LogP contribution is -2.43. The summed E-state index contributed by atoms with van der Waals surface area (Å²) in [4.78, 5) is 37.2. The third-order valence-corrected chi connectivity index (χ3v) is 3.15. The van der Waals surface area contributed by atoms with Gasteiger partial charge in [-0.3, -0.25) is 14.5 Å². The lowest BCUT2D eigenvalue weighted by atomic mass is 10.4. The van der Waals surface area contributed by atoms with Gasteiger partial charge in [0, 0.05) is 32.7 Å². The Labute approximate surface area is 124 Å². The topological polar surface area (TPSA) is 99.2 Å². The molecule has 2 N–H and O–H groups in total. The van der Waals surface area contributed by atoms with Crippen molar-refractivity contribution in [1.29, 1.82) is 0 Å². The van der Waals surface area contributed by atoms with E-state index < -0.39 is 5.97 Å². The summed E-state index contributed by atoms with van der Waals surface area (Å²) in [5.41, 5.74) is 0. The average molecular weight is 301 g/mol. The molecule has 1 rings (SSSR count). The number of carboxylic acids is 1. The predicted molar refractivity (Wildman–Crippen MR) is 74.9 cm³/mol. The van der Waals surface area contributed by atoms with Gasteiger partial charge in [0.05, 0.1) is 19.6 Å². The summed E-state index contributed by atoms with van der Waals surface area (Å²) in [6, 6.07) is -0.225. The van der Waals surface area contributed by atoms with E-state index in [1.54, 1.807) is 11.8 Å². The number of carbonyl (C=O) groups is 3. The molecule has 0 aromatic carbocycles. The van der Waals surface area contributed by atoms with Gasteiger partial charge in [0.2, 0.25) is 0 Å². The Hall–Kier alpha value is -1.83. The van der Waals surface area contributed by atoms with Crippen molar-refractivity contribution >= 4 is 18.0 Å². The molecule has 8 nitrogen and oxygen atoms in total. The van der Waals surface area contributed by atoms with Gasteiger partial charge >= 0.3 is 18.0 Å². The molecule has 21 heavy (non-hydrogen) atoms.